The van der Waals surface area contributed by atoms with Crippen molar-refractivity contribution in [3.8, 4) is 0 Å². The summed E-state index contributed by atoms with van der Waals surface area (Å²) < 4.78 is 0.860. The van der Waals surface area contributed by atoms with Crippen molar-refractivity contribution >= 4 is 27.5 Å². The number of carbonyl (C=O) groups is 1. The first-order valence-electron chi connectivity index (χ1n) is 6.40. The lowest BCUT2D eigenvalue weighted by Gasteiger charge is -2.17. The van der Waals surface area contributed by atoms with Gasteiger partial charge in [-0.05, 0) is 43.2 Å². The van der Waals surface area contributed by atoms with Gasteiger partial charge in [0.25, 0.3) is 5.91 Å². The molecule has 4 heteroatoms. The minimum atomic E-state index is -0.161. The molecular formula is C16H17BrN2O. The topological polar surface area (TPSA) is 55.1 Å². The SMILES string of the molecule is Cc1ccccc1[C@@H](C)NC(=O)c1ccc(Br)cc1N. The number of nitrogen functional groups attached to an aromatic ring is 1. The lowest BCUT2D eigenvalue weighted by Crippen LogP contribution is -2.27. The summed E-state index contributed by atoms with van der Waals surface area (Å²) in [5.74, 6) is -0.161. The van der Waals surface area contributed by atoms with Crippen LogP contribution >= 0.6 is 15.9 Å². The third kappa shape index (κ3) is 3.20. The molecule has 2 rings (SSSR count). The second kappa shape index (κ2) is 6.09. The number of carbonyl (C=O) groups excluding carboxylic acids is 1. The number of nitrogens with two attached hydrogens (primary N) is 1. The fraction of sp³-hybridized carbons (Fsp3) is 0.188. The number of halogens is 1. The largest absolute Gasteiger partial charge is 0.398 e. The van der Waals surface area contributed by atoms with Gasteiger partial charge in [0.05, 0.1) is 11.6 Å². The molecule has 0 radical (unpaired) electrons. The van der Waals surface area contributed by atoms with E-state index in [1.807, 2.05) is 44.2 Å². The summed E-state index contributed by atoms with van der Waals surface area (Å²) in [6.07, 6.45) is 0. The van der Waals surface area contributed by atoms with Crippen molar-refractivity contribution in [2.45, 2.75) is 19.9 Å². The second-order valence-corrected chi connectivity index (χ2v) is 5.70. The summed E-state index contributed by atoms with van der Waals surface area (Å²) in [5, 5.41) is 2.98. The number of amides is 1. The van der Waals surface area contributed by atoms with Gasteiger partial charge in [-0.2, -0.15) is 0 Å². The number of hydrogen-bond donors (Lipinski definition) is 2. The normalized spacial score (nSPS) is 11.9. The van der Waals surface area contributed by atoms with Crippen LogP contribution in [0.15, 0.2) is 46.9 Å². The zero-order valence-electron chi connectivity index (χ0n) is 11.5. The van der Waals surface area contributed by atoms with E-state index in [4.69, 9.17) is 5.73 Å². The highest BCUT2D eigenvalue weighted by molar-refractivity contribution is 9.10. The van der Waals surface area contributed by atoms with Gasteiger partial charge in [-0.15, -0.1) is 0 Å². The van der Waals surface area contributed by atoms with Gasteiger partial charge < -0.3 is 11.1 Å². The highest BCUT2D eigenvalue weighted by Gasteiger charge is 2.14. The molecule has 0 spiro atoms. The molecule has 0 heterocycles. The van der Waals surface area contributed by atoms with E-state index in [1.165, 1.54) is 0 Å². The summed E-state index contributed by atoms with van der Waals surface area (Å²) in [7, 11) is 0. The smallest absolute Gasteiger partial charge is 0.253 e. The number of benzene rings is 2. The van der Waals surface area contributed by atoms with Gasteiger partial charge in [-0.3, -0.25) is 4.79 Å². The molecule has 3 N–H and O–H groups in total. The third-order valence-electron chi connectivity index (χ3n) is 3.26. The molecule has 1 amide bonds. The maximum atomic E-state index is 12.3. The van der Waals surface area contributed by atoms with Gasteiger partial charge >= 0.3 is 0 Å². The van der Waals surface area contributed by atoms with Crippen LogP contribution in [0.2, 0.25) is 0 Å². The summed E-state index contributed by atoms with van der Waals surface area (Å²) in [6, 6.07) is 13.2. The Kier molecular flexibility index (Phi) is 4.45. The van der Waals surface area contributed by atoms with E-state index in [0.717, 1.165) is 15.6 Å². The molecule has 3 nitrogen and oxygen atoms in total. The van der Waals surface area contributed by atoms with E-state index in [2.05, 4.69) is 21.2 Å². The number of aryl methyl sites for hydroxylation is 1. The van der Waals surface area contributed by atoms with Gasteiger partial charge in [-0.25, -0.2) is 0 Å². The molecule has 0 saturated heterocycles. The van der Waals surface area contributed by atoms with E-state index in [1.54, 1.807) is 12.1 Å². The van der Waals surface area contributed by atoms with Crippen molar-refractivity contribution in [1.82, 2.24) is 5.32 Å². The maximum Gasteiger partial charge on any atom is 0.253 e. The Labute approximate surface area is 127 Å². The van der Waals surface area contributed by atoms with E-state index >= 15 is 0 Å². The molecule has 0 saturated carbocycles. The molecule has 1 atom stereocenters. The minimum absolute atomic E-state index is 0.0632. The molecule has 0 fully saturated rings. The Bertz CT molecular complexity index is 640. The van der Waals surface area contributed by atoms with E-state index in [9.17, 15) is 4.79 Å². The number of rotatable bonds is 3. The average Bonchev–Trinajstić information content (AvgIpc) is 2.38. The molecule has 2 aromatic rings. The Morgan fingerprint density at radius 3 is 2.60 bits per heavy atom. The molecule has 0 unspecified atom stereocenters. The first-order valence-corrected chi connectivity index (χ1v) is 7.19. The Morgan fingerprint density at radius 2 is 1.95 bits per heavy atom. The van der Waals surface area contributed by atoms with Crippen LogP contribution < -0.4 is 11.1 Å². The highest BCUT2D eigenvalue weighted by atomic mass is 79.9. The fourth-order valence-corrected chi connectivity index (χ4v) is 2.54. The molecule has 20 heavy (non-hydrogen) atoms. The Balaban J connectivity index is 2.17. The van der Waals surface area contributed by atoms with Crippen molar-refractivity contribution in [3.63, 3.8) is 0 Å². The van der Waals surface area contributed by atoms with Gasteiger partial charge in [0, 0.05) is 10.2 Å². The van der Waals surface area contributed by atoms with Crippen molar-refractivity contribution < 1.29 is 4.79 Å². The van der Waals surface area contributed by atoms with Gasteiger partial charge in [0.1, 0.15) is 0 Å². The molecule has 104 valence electrons. The van der Waals surface area contributed by atoms with E-state index < -0.39 is 0 Å². The number of nitrogens with one attached hydrogen (secondary N) is 1. The van der Waals surface area contributed by atoms with E-state index in [0.29, 0.717) is 11.3 Å². The summed E-state index contributed by atoms with van der Waals surface area (Å²) >= 11 is 3.33. The number of anilines is 1. The van der Waals surface area contributed by atoms with Crippen molar-refractivity contribution in [1.29, 1.82) is 0 Å². The van der Waals surface area contributed by atoms with Crippen LogP contribution in [0.5, 0.6) is 0 Å². The van der Waals surface area contributed by atoms with Crippen LogP contribution in [-0.4, -0.2) is 5.91 Å². The van der Waals surface area contributed by atoms with Gasteiger partial charge in [0.15, 0.2) is 0 Å². The fourth-order valence-electron chi connectivity index (χ4n) is 2.17. The van der Waals surface area contributed by atoms with Crippen LogP contribution in [0.4, 0.5) is 5.69 Å². The first kappa shape index (κ1) is 14.6. The van der Waals surface area contributed by atoms with Gasteiger partial charge in [0.2, 0.25) is 0 Å². The third-order valence-corrected chi connectivity index (χ3v) is 3.75. The second-order valence-electron chi connectivity index (χ2n) is 4.78. The van der Waals surface area contributed by atoms with Crippen LogP contribution in [0.1, 0.15) is 34.5 Å². The van der Waals surface area contributed by atoms with Crippen LogP contribution in [-0.2, 0) is 0 Å². The molecule has 0 aliphatic carbocycles. The zero-order valence-corrected chi connectivity index (χ0v) is 13.1. The predicted octanol–water partition coefficient (Wildman–Crippen LogP) is 3.83. The van der Waals surface area contributed by atoms with E-state index in [-0.39, 0.29) is 11.9 Å². The highest BCUT2D eigenvalue weighted by Crippen LogP contribution is 2.21. The van der Waals surface area contributed by atoms with Crippen LogP contribution in [0.3, 0.4) is 0 Å². The predicted molar refractivity (Wildman–Crippen MR) is 85.6 cm³/mol. The standard InChI is InChI=1S/C16H17BrN2O/c1-10-5-3-4-6-13(10)11(2)19-16(20)14-8-7-12(17)9-15(14)18/h3-9,11H,18H2,1-2H3,(H,19,20)/t11-/m1/s1. The van der Waals surface area contributed by atoms with Crippen LogP contribution in [0.25, 0.3) is 0 Å². The maximum absolute atomic E-state index is 12.3. The van der Waals surface area contributed by atoms with Crippen molar-refractivity contribution in [2.24, 2.45) is 0 Å². The molecule has 0 aromatic heterocycles. The van der Waals surface area contributed by atoms with Crippen LogP contribution in [0, 0.1) is 6.92 Å². The summed E-state index contributed by atoms with van der Waals surface area (Å²) in [6.45, 7) is 4.00. The monoisotopic (exact) mass is 332 g/mol. The molecule has 0 bridgehead atoms. The zero-order chi connectivity index (χ0) is 14.7. The van der Waals surface area contributed by atoms with Crippen molar-refractivity contribution in [2.75, 3.05) is 5.73 Å². The quantitative estimate of drug-likeness (QED) is 0.839. The Morgan fingerprint density at radius 1 is 1.25 bits per heavy atom. The summed E-state index contributed by atoms with van der Waals surface area (Å²) in [4.78, 5) is 12.3. The Hall–Kier alpha value is -1.81. The van der Waals surface area contributed by atoms with Gasteiger partial charge in [-0.1, -0.05) is 40.2 Å². The average molecular weight is 333 g/mol. The number of hydrogen-bond acceptors (Lipinski definition) is 2. The molecule has 2 aromatic carbocycles. The summed E-state index contributed by atoms with van der Waals surface area (Å²) in [5.41, 5.74) is 9.10. The van der Waals surface area contributed by atoms with Crippen molar-refractivity contribution in [3.05, 3.63) is 63.6 Å². The lowest BCUT2D eigenvalue weighted by atomic mass is 10.0. The molecule has 0 aliphatic rings. The lowest BCUT2D eigenvalue weighted by molar-refractivity contribution is 0.0940. The molecule has 0 aliphatic heterocycles. The first-order chi connectivity index (χ1) is 9.49. The molecular weight excluding hydrogens is 316 g/mol. The minimum Gasteiger partial charge on any atom is -0.398 e.